The maximum Gasteiger partial charge on any atom is 0.411 e. The zero-order chi connectivity index (χ0) is 72.8. The van der Waals surface area contributed by atoms with Crippen molar-refractivity contribution in [1.29, 1.82) is 0 Å². The molecule has 38 heteroatoms. The average Bonchev–Trinajstić information content (AvgIpc) is 1.61. The van der Waals surface area contributed by atoms with Gasteiger partial charge in [-0.15, -0.1) is 0 Å². The van der Waals surface area contributed by atoms with Gasteiger partial charge >= 0.3 is 48.1 Å². The number of ether oxygens (including phenoxy) is 7. The van der Waals surface area contributed by atoms with E-state index in [2.05, 4.69) is 18.9 Å². The summed E-state index contributed by atoms with van der Waals surface area (Å²) in [6, 6.07) is -4.73. The summed E-state index contributed by atoms with van der Waals surface area (Å²) in [5, 5.41) is 9.12. The molecule has 1 N–H and O–H groups in total. The topological polar surface area (TPSA) is 289 Å². The van der Waals surface area contributed by atoms with Crippen molar-refractivity contribution >= 4 is 65.5 Å². The molecule has 0 radical (unpaired) electrons. The first-order chi connectivity index (χ1) is 40.7. The lowest BCUT2D eigenvalue weighted by Gasteiger charge is -2.32. The van der Waals surface area contributed by atoms with E-state index >= 15 is 0 Å². The van der Waals surface area contributed by atoms with Crippen molar-refractivity contribution in [2.45, 2.75) is 190 Å². The molecule has 5 saturated heterocycles. The SMILES string of the molecule is C.CC(C)(C)OC(=O)N1CC(F)(F)C(C)(C)[C@H]1C(=O)O.COC(=O)[C@@H]1CC(=O)CN1C.COC(=O)[C@H]1N(C(=O)OC(C)(C)C)CC(=O)C1(C)C.COC(=O)[C@H]1N(C(=O)OC(C)(C)C)CC(F)(F)C1(C)C.COC(=O)[C@H]1N(C)CC(=O)C1(C)C.F.F.FF.FF.FF.FF. The van der Waals surface area contributed by atoms with Gasteiger partial charge in [-0.3, -0.25) is 57.9 Å². The Morgan fingerprint density at radius 3 is 1.00 bits per heavy atom. The third-order valence-electron chi connectivity index (χ3n) is 14.1. The predicted octanol–water partition coefficient (Wildman–Crippen LogP) is 9.97. The van der Waals surface area contributed by atoms with Crippen LogP contribution in [-0.4, -0.2) is 229 Å². The van der Waals surface area contributed by atoms with Gasteiger partial charge < -0.3 is 38.3 Å². The van der Waals surface area contributed by atoms with Crippen LogP contribution in [0.15, 0.2) is 0 Å². The number of methoxy groups -OCH3 is 4. The van der Waals surface area contributed by atoms with E-state index in [0.717, 1.165) is 30.8 Å². The summed E-state index contributed by atoms with van der Waals surface area (Å²) in [6.07, 6.45) is -2.37. The Morgan fingerprint density at radius 1 is 0.441 bits per heavy atom. The van der Waals surface area contributed by atoms with Gasteiger partial charge in [-0.2, -0.15) is 0 Å². The van der Waals surface area contributed by atoms with Crippen molar-refractivity contribution in [2.24, 2.45) is 21.7 Å². The molecule has 0 bridgehead atoms. The smallest absolute Gasteiger partial charge is 0.411 e. The maximum absolute atomic E-state index is 14.1. The molecule has 0 aromatic heterocycles. The molecule has 24 nitrogen and oxygen atoms in total. The van der Waals surface area contributed by atoms with Crippen LogP contribution < -0.4 is 0 Å². The Hall–Kier alpha value is -6.89. The van der Waals surface area contributed by atoms with Gasteiger partial charge in [0.15, 0.2) is 11.6 Å². The zero-order valence-electron chi connectivity index (χ0n) is 55.5. The number of carboxylic acids is 1. The number of Topliss-reactive ketones (excluding diaryl/α,β-unsaturated/α-hetero) is 3. The Bertz CT molecular complexity index is 2440. The Morgan fingerprint density at radius 2 is 0.720 bits per heavy atom. The van der Waals surface area contributed by atoms with Gasteiger partial charge in [0.1, 0.15) is 52.8 Å². The summed E-state index contributed by atoms with van der Waals surface area (Å²) in [4.78, 5) is 133. The van der Waals surface area contributed by atoms with Gasteiger partial charge in [-0.05, 0) is 76.4 Å². The number of esters is 4. The van der Waals surface area contributed by atoms with Crippen LogP contribution in [0.4, 0.5) is 77.9 Å². The van der Waals surface area contributed by atoms with Gasteiger partial charge in [-0.1, -0.05) is 62.8 Å². The number of hydrogen-bond donors (Lipinski definition) is 1. The van der Waals surface area contributed by atoms with Crippen molar-refractivity contribution in [3.05, 3.63) is 0 Å². The number of ketones is 3. The predicted molar refractivity (Wildman–Crippen MR) is 304 cm³/mol. The first-order valence-electron chi connectivity index (χ1n) is 26.5. The van der Waals surface area contributed by atoms with E-state index in [1.807, 2.05) is 0 Å². The van der Waals surface area contributed by atoms with E-state index < -0.39 is 124 Å². The van der Waals surface area contributed by atoms with E-state index in [4.69, 9.17) is 55.9 Å². The summed E-state index contributed by atoms with van der Waals surface area (Å²) in [7, 11) is 8.51. The summed E-state index contributed by atoms with van der Waals surface area (Å²) < 4.78 is 154. The Labute approximate surface area is 531 Å². The van der Waals surface area contributed by atoms with Crippen LogP contribution in [0.1, 0.15) is 132 Å². The molecule has 3 amide bonds. The van der Waals surface area contributed by atoms with Crippen LogP contribution in [0.2, 0.25) is 0 Å². The highest BCUT2D eigenvalue weighted by Gasteiger charge is 2.66. The molecule has 0 spiro atoms. The molecule has 0 aromatic rings. The molecule has 5 aliphatic rings. The van der Waals surface area contributed by atoms with E-state index in [9.17, 15) is 70.3 Å². The van der Waals surface area contributed by atoms with Crippen molar-refractivity contribution in [1.82, 2.24) is 24.5 Å². The zero-order valence-corrected chi connectivity index (χ0v) is 55.5. The van der Waals surface area contributed by atoms with Crippen LogP contribution in [0, 0.1) is 21.7 Å². The number of nitrogens with zero attached hydrogens (tertiary/aromatic N) is 5. The number of aliphatic carboxylic acids is 1. The quantitative estimate of drug-likeness (QED) is 0.152. The number of rotatable bonds is 5. The van der Waals surface area contributed by atoms with E-state index in [1.165, 1.54) is 35.2 Å². The number of amides is 3. The first-order valence-corrected chi connectivity index (χ1v) is 26.5. The normalized spacial score (nSPS) is 22.1. The molecule has 93 heavy (non-hydrogen) atoms. The number of hydrogen-bond acceptors (Lipinski definition) is 20. The summed E-state index contributed by atoms with van der Waals surface area (Å²) in [5.41, 5.74) is -7.56. The summed E-state index contributed by atoms with van der Waals surface area (Å²) in [5.74, 6) is -10.1. The number of halogens is 14. The number of likely N-dealkylation sites (tertiary alicyclic amines) is 5. The van der Waals surface area contributed by atoms with E-state index in [0.29, 0.717) is 24.4 Å². The summed E-state index contributed by atoms with van der Waals surface area (Å²) >= 11 is 0. The van der Waals surface area contributed by atoms with Crippen LogP contribution in [-0.2, 0) is 71.5 Å². The molecule has 550 valence electrons. The molecular formula is C55H93F14N5O19. The largest absolute Gasteiger partial charge is 0.480 e. The number of likely N-dealkylation sites (N-methyl/N-ethyl adjacent to an activating group) is 2. The highest BCUT2D eigenvalue weighted by atomic mass is 20.0. The number of alkyl halides is 4. The van der Waals surface area contributed by atoms with E-state index in [1.54, 1.807) is 114 Å². The van der Waals surface area contributed by atoms with Crippen LogP contribution in [0.3, 0.4) is 0 Å². The standard InChI is InChI=1S/C13H21F2NO4.C13H21NO5.C12H19F2NO4.C9H15NO3.C7H11NO3.CH4.4F2.2FH/c1-11(2,3)20-10(18)16-7-13(14,15)12(4,5)8(16)9(17)19-6;1-12(2,3)19-11(17)14-7-8(15)13(4,5)9(14)10(16)18-6;1-10(2,3)19-9(18)15-6-12(13,14)11(4,5)7(15)8(16)17;1-9(2)6(11)5-10(3)7(9)8(12)13-4;1-8-4-5(9)3-6(8)7(10)11-2;;4*1-2;;/h8H,7H2,1-6H3;9H,7H2,1-6H3;7H,6H2,1-5H3,(H,16,17);7H,5H2,1-4H3;6H,3-4H2,1-2H3;1H4;;;;;2*1H/t8-;9-;2*7-;6-;;;;;;;/m11110......./s1. The fraction of sp³-hybridized carbons (Fsp3) is 0.800. The second-order valence-electron chi connectivity index (χ2n) is 25.6. The molecule has 5 atom stereocenters. The fourth-order valence-corrected chi connectivity index (χ4v) is 9.20. The Balaban J connectivity index is -0.000000194. The lowest BCUT2D eigenvalue weighted by molar-refractivity contribution is -0.152. The molecule has 0 saturated carbocycles. The first kappa shape index (κ1) is 99.7. The number of carbonyl (C=O) groups excluding carboxylic acids is 10. The summed E-state index contributed by atoms with van der Waals surface area (Å²) in [6.45, 7) is 25.1. The van der Waals surface area contributed by atoms with Crippen molar-refractivity contribution in [3.8, 4) is 0 Å². The van der Waals surface area contributed by atoms with Gasteiger partial charge in [0.05, 0.1) is 82.8 Å². The van der Waals surface area contributed by atoms with Crippen LogP contribution >= 0.6 is 0 Å². The molecule has 5 rings (SSSR count). The molecular weight excluding hydrogens is 1300 g/mol. The van der Waals surface area contributed by atoms with Crippen LogP contribution in [0.25, 0.3) is 0 Å². The highest BCUT2D eigenvalue weighted by Crippen LogP contribution is 2.50. The van der Waals surface area contributed by atoms with Gasteiger partial charge in [-0.25, -0.2) is 46.3 Å². The monoisotopic (exact) mass is 1390 g/mol. The minimum Gasteiger partial charge on any atom is -0.480 e. The number of carboxylic acid groups (broad SMARTS) is 1. The van der Waals surface area contributed by atoms with Gasteiger partial charge in [0.25, 0.3) is 11.8 Å². The van der Waals surface area contributed by atoms with Crippen molar-refractivity contribution in [2.75, 3.05) is 75.3 Å². The average molecular weight is 1390 g/mol. The molecule has 5 fully saturated rings. The van der Waals surface area contributed by atoms with E-state index in [-0.39, 0.29) is 58.7 Å². The van der Waals surface area contributed by atoms with Crippen molar-refractivity contribution in [3.63, 3.8) is 0 Å². The molecule has 5 aliphatic heterocycles. The maximum atomic E-state index is 14.1. The third kappa shape index (κ3) is 26.8. The molecule has 5 heterocycles. The van der Waals surface area contributed by atoms with Crippen molar-refractivity contribution < 1.29 is 155 Å². The molecule has 0 unspecified atom stereocenters. The Kier molecular flexibility index (Phi) is 42.6. The van der Waals surface area contributed by atoms with Gasteiger partial charge in [0.2, 0.25) is 0 Å². The second-order valence-corrected chi connectivity index (χ2v) is 25.6. The lowest BCUT2D eigenvalue weighted by atomic mass is 9.82. The highest BCUT2D eigenvalue weighted by molar-refractivity contribution is 6.00. The van der Waals surface area contributed by atoms with Gasteiger partial charge in [0, 0.05) is 43.0 Å². The number of carbonyl (C=O) groups is 11. The van der Waals surface area contributed by atoms with Crippen LogP contribution in [0.5, 0.6) is 0 Å². The molecule has 0 aliphatic carbocycles. The second kappa shape index (κ2) is 39.7. The lowest BCUT2D eigenvalue weighted by Crippen LogP contribution is -2.49. The fourth-order valence-electron chi connectivity index (χ4n) is 9.20. The molecule has 0 aromatic carbocycles. The minimum atomic E-state index is -3.28. The minimum absolute atomic E-state index is 0. The third-order valence-corrected chi connectivity index (χ3v) is 14.1.